The van der Waals surface area contributed by atoms with E-state index in [2.05, 4.69) is 10.3 Å². The molecule has 1 N–H and O–H groups in total. The van der Waals surface area contributed by atoms with E-state index in [0.29, 0.717) is 11.6 Å². The van der Waals surface area contributed by atoms with Crippen LogP contribution in [0.15, 0.2) is 66.9 Å². The summed E-state index contributed by atoms with van der Waals surface area (Å²) in [7, 11) is 3.28. The van der Waals surface area contributed by atoms with Crippen LogP contribution in [0.25, 0.3) is 0 Å². The lowest BCUT2D eigenvalue weighted by atomic mass is 10.1. The monoisotopic (exact) mass is 401 g/mol. The highest BCUT2D eigenvalue weighted by Gasteiger charge is 2.30. The number of benzene rings is 2. The summed E-state index contributed by atoms with van der Waals surface area (Å²) in [5.74, 6) is 0.424. The summed E-state index contributed by atoms with van der Waals surface area (Å²) in [5.41, 5.74) is 0.158. The van der Waals surface area contributed by atoms with Gasteiger partial charge in [0.05, 0.1) is 18.2 Å². The Labute approximate surface area is 165 Å². The zero-order valence-corrected chi connectivity index (χ0v) is 15.7. The molecule has 8 heteroatoms. The van der Waals surface area contributed by atoms with Gasteiger partial charge in [-0.3, -0.25) is 4.79 Å². The molecular weight excluding hydrogens is 383 g/mol. The number of nitrogens with zero attached hydrogens (tertiary/aromatic N) is 2. The van der Waals surface area contributed by atoms with Crippen molar-refractivity contribution in [2.75, 3.05) is 24.4 Å². The number of anilines is 3. The zero-order valence-electron chi connectivity index (χ0n) is 15.7. The summed E-state index contributed by atoms with van der Waals surface area (Å²) in [6.07, 6.45) is -2.96. The van der Waals surface area contributed by atoms with Crippen molar-refractivity contribution >= 4 is 23.1 Å². The number of methoxy groups -OCH3 is 1. The molecule has 3 aromatic rings. The van der Waals surface area contributed by atoms with E-state index in [4.69, 9.17) is 4.74 Å². The highest BCUT2D eigenvalue weighted by molar-refractivity contribution is 6.08. The third-order valence-electron chi connectivity index (χ3n) is 4.24. The molecule has 150 valence electrons. The molecule has 3 rings (SSSR count). The summed E-state index contributed by atoms with van der Waals surface area (Å²) in [6.45, 7) is 0. The average Bonchev–Trinajstić information content (AvgIpc) is 2.73. The topological polar surface area (TPSA) is 54.5 Å². The van der Waals surface area contributed by atoms with Crippen LogP contribution < -0.4 is 15.0 Å². The Balaban J connectivity index is 1.89. The second-order valence-electron chi connectivity index (χ2n) is 6.17. The van der Waals surface area contributed by atoms with Gasteiger partial charge in [-0.1, -0.05) is 12.1 Å². The molecule has 1 amide bonds. The van der Waals surface area contributed by atoms with E-state index >= 15 is 0 Å². The normalized spacial score (nSPS) is 11.1. The molecule has 0 aliphatic heterocycles. The SMILES string of the molecule is COc1cccc(N(C)c2ncccc2C(=O)Nc2cccc(C(F)(F)F)c2)c1. The van der Waals surface area contributed by atoms with Gasteiger partial charge >= 0.3 is 6.18 Å². The van der Waals surface area contributed by atoms with Gasteiger partial charge in [-0.15, -0.1) is 0 Å². The molecule has 29 heavy (non-hydrogen) atoms. The summed E-state index contributed by atoms with van der Waals surface area (Å²) >= 11 is 0. The molecule has 0 aliphatic rings. The molecule has 2 aromatic carbocycles. The summed E-state index contributed by atoms with van der Waals surface area (Å²) in [4.78, 5) is 18.7. The first kappa shape index (κ1) is 20.2. The van der Waals surface area contributed by atoms with Crippen LogP contribution in [-0.2, 0) is 6.18 Å². The van der Waals surface area contributed by atoms with Gasteiger partial charge in [-0.2, -0.15) is 13.2 Å². The van der Waals surface area contributed by atoms with Crippen LogP contribution in [0.4, 0.5) is 30.4 Å². The molecule has 0 unspecified atom stereocenters. The van der Waals surface area contributed by atoms with Crippen LogP contribution >= 0.6 is 0 Å². The Kier molecular flexibility index (Phi) is 5.72. The Hall–Kier alpha value is -3.55. The maximum Gasteiger partial charge on any atom is 0.416 e. The van der Waals surface area contributed by atoms with Gasteiger partial charge in [0.2, 0.25) is 0 Å². The molecule has 0 spiro atoms. The van der Waals surface area contributed by atoms with Crippen molar-refractivity contribution in [3.05, 3.63) is 78.0 Å². The first-order chi connectivity index (χ1) is 13.8. The molecule has 0 fully saturated rings. The molecular formula is C21H18F3N3O2. The zero-order chi connectivity index (χ0) is 21.0. The quantitative estimate of drug-likeness (QED) is 0.644. The Bertz CT molecular complexity index is 1020. The van der Waals surface area contributed by atoms with Crippen molar-refractivity contribution in [3.8, 4) is 5.75 Å². The molecule has 1 aromatic heterocycles. The Morgan fingerprint density at radius 1 is 1.07 bits per heavy atom. The lowest BCUT2D eigenvalue weighted by Gasteiger charge is -2.21. The Morgan fingerprint density at radius 2 is 1.83 bits per heavy atom. The van der Waals surface area contributed by atoms with Crippen molar-refractivity contribution in [1.29, 1.82) is 0 Å². The highest BCUT2D eigenvalue weighted by Crippen LogP contribution is 2.31. The summed E-state index contributed by atoms with van der Waals surface area (Å²) < 4.78 is 43.9. The van der Waals surface area contributed by atoms with E-state index in [0.717, 1.165) is 17.8 Å². The number of aromatic nitrogens is 1. The average molecular weight is 401 g/mol. The van der Waals surface area contributed by atoms with E-state index < -0.39 is 17.6 Å². The second-order valence-corrected chi connectivity index (χ2v) is 6.17. The number of carbonyl (C=O) groups is 1. The number of hydrogen-bond donors (Lipinski definition) is 1. The lowest BCUT2D eigenvalue weighted by Crippen LogP contribution is -2.20. The fraction of sp³-hybridized carbons (Fsp3) is 0.143. The highest BCUT2D eigenvalue weighted by atomic mass is 19.4. The fourth-order valence-corrected chi connectivity index (χ4v) is 2.75. The van der Waals surface area contributed by atoms with Gasteiger partial charge in [-0.25, -0.2) is 4.98 Å². The number of hydrogen-bond acceptors (Lipinski definition) is 4. The maximum absolute atomic E-state index is 12.9. The number of alkyl halides is 3. The molecule has 0 atom stereocenters. The van der Waals surface area contributed by atoms with Crippen molar-refractivity contribution in [2.45, 2.75) is 6.18 Å². The van der Waals surface area contributed by atoms with Gasteiger partial charge in [0, 0.05) is 30.7 Å². The second kappa shape index (κ2) is 8.22. The molecule has 0 radical (unpaired) electrons. The van der Waals surface area contributed by atoms with Gasteiger partial charge < -0.3 is 15.0 Å². The smallest absolute Gasteiger partial charge is 0.416 e. The van der Waals surface area contributed by atoms with Crippen molar-refractivity contribution in [3.63, 3.8) is 0 Å². The Morgan fingerprint density at radius 3 is 2.55 bits per heavy atom. The first-order valence-corrected chi connectivity index (χ1v) is 8.61. The molecule has 0 saturated carbocycles. The minimum absolute atomic E-state index is 0.0451. The largest absolute Gasteiger partial charge is 0.497 e. The molecule has 5 nitrogen and oxygen atoms in total. The first-order valence-electron chi connectivity index (χ1n) is 8.61. The molecule has 1 heterocycles. The van der Waals surface area contributed by atoms with Gasteiger partial charge in [0.15, 0.2) is 0 Å². The van der Waals surface area contributed by atoms with Crippen molar-refractivity contribution in [1.82, 2.24) is 4.98 Å². The van der Waals surface area contributed by atoms with Gasteiger partial charge in [0.25, 0.3) is 5.91 Å². The number of carbonyl (C=O) groups excluding carboxylic acids is 1. The van der Waals surface area contributed by atoms with Gasteiger partial charge in [-0.05, 0) is 42.5 Å². The number of pyridine rings is 1. The van der Waals surface area contributed by atoms with Crippen LogP contribution in [0.2, 0.25) is 0 Å². The predicted molar refractivity (Wildman–Crippen MR) is 105 cm³/mol. The lowest BCUT2D eigenvalue weighted by molar-refractivity contribution is -0.137. The predicted octanol–water partition coefficient (Wildman–Crippen LogP) is 5.13. The van der Waals surface area contributed by atoms with E-state index in [9.17, 15) is 18.0 Å². The van der Waals surface area contributed by atoms with Crippen molar-refractivity contribution < 1.29 is 22.7 Å². The van der Waals surface area contributed by atoms with Gasteiger partial charge in [0.1, 0.15) is 11.6 Å². The third-order valence-corrected chi connectivity index (χ3v) is 4.24. The molecule has 0 saturated heterocycles. The van der Waals surface area contributed by atoms with E-state index in [-0.39, 0.29) is 11.3 Å². The van der Waals surface area contributed by atoms with E-state index in [1.165, 1.54) is 18.3 Å². The number of amides is 1. The van der Waals surface area contributed by atoms with E-state index in [1.54, 1.807) is 49.4 Å². The molecule has 0 bridgehead atoms. The fourth-order valence-electron chi connectivity index (χ4n) is 2.75. The van der Waals surface area contributed by atoms with Crippen LogP contribution in [0.5, 0.6) is 5.75 Å². The number of nitrogens with one attached hydrogen (secondary N) is 1. The number of rotatable bonds is 5. The van der Waals surface area contributed by atoms with E-state index in [1.807, 2.05) is 6.07 Å². The minimum atomic E-state index is -4.49. The third kappa shape index (κ3) is 4.66. The number of halogens is 3. The van der Waals surface area contributed by atoms with Crippen LogP contribution in [0.1, 0.15) is 15.9 Å². The molecule has 0 aliphatic carbocycles. The van der Waals surface area contributed by atoms with Crippen LogP contribution in [0, 0.1) is 0 Å². The minimum Gasteiger partial charge on any atom is -0.497 e. The number of ether oxygens (including phenoxy) is 1. The van der Waals surface area contributed by atoms with Crippen LogP contribution in [-0.4, -0.2) is 25.0 Å². The summed E-state index contributed by atoms with van der Waals surface area (Å²) in [5, 5.41) is 2.51. The standard InChI is InChI=1S/C21H18F3N3O2/c1-27(16-8-4-9-17(13-16)29-2)19-18(10-5-11-25-19)20(28)26-15-7-3-6-14(12-15)21(22,23)24/h3-13H,1-2H3,(H,26,28). The van der Waals surface area contributed by atoms with Crippen LogP contribution in [0.3, 0.4) is 0 Å². The maximum atomic E-state index is 12.9. The summed E-state index contributed by atoms with van der Waals surface area (Å²) in [6, 6.07) is 14.8. The van der Waals surface area contributed by atoms with Crippen molar-refractivity contribution in [2.24, 2.45) is 0 Å².